The van der Waals surface area contributed by atoms with Gasteiger partial charge in [0.2, 0.25) is 5.91 Å². The molecule has 5 heteroatoms. The van der Waals surface area contributed by atoms with Gasteiger partial charge in [-0.25, -0.2) is 0 Å². The first-order chi connectivity index (χ1) is 7.63. The summed E-state index contributed by atoms with van der Waals surface area (Å²) in [6, 6.07) is 5.43. The van der Waals surface area contributed by atoms with Crippen molar-refractivity contribution in [1.29, 1.82) is 0 Å². The fourth-order valence-electron chi connectivity index (χ4n) is 1.16. The minimum atomic E-state index is -0.0242. The third-order valence-corrected chi connectivity index (χ3v) is 3.19. The van der Waals surface area contributed by atoms with Crippen molar-refractivity contribution in [3.8, 4) is 0 Å². The summed E-state index contributed by atoms with van der Waals surface area (Å²) in [6.45, 7) is 2.52. The number of nitrogens with one attached hydrogen (secondary N) is 1. The van der Waals surface area contributed by atoms with Gasteiger partial charge in [0.15, 0.2) is 0 Å². The predicted molar refractivity (Wildman–Crippen MR) is 71.2 cm³/mol. The Morgan fingerprint density at radius 1 is 1.56 bits per heavy atom. The average molecular weight is 259 g/mol. The van der Waals surface area contributed by atoms with Crippen LogP contribution in [0.3, 0.4) is 0 Å². The molecule has 88 valence electrons. The number of anilines is 1. The Morgan fingerprint density at radius 2 is 2.31 bits per heavy atom. The Bertz CT molecular complexity index is 371. The third-order valence-electron chi connectivity index (χ3n) is 1.97. The molecule has 0 aliphatic heterocycles. The van der Waals surface area contributed by atoms with Crippen LogP contribution < -0.4 is 11.1 Å². The number of halogens is 1. The van der Waals surface area contributed by atoms with E-state index in [1.54, 1.807) is 12.1 Å². The van der Waals surface area contributed by atoms with Crippen molar-refractivity contribution >= 4 is 35.0 Å². The van der Waals surface area contributed by atoms with Crippen molar-refractivity contribution in [2.45, 2.75) is 6.92 Å². The van der Waals surface area contributed by atoms with Crippen LogP contribution >= 0.6 is 23.4 Å². The summed E-state index contributed by atoms with van der Waals surface area (Å²) in [6.07, 6.45) is 0. The van der Waals surface area contributed by atoms with E-state index >= 15 is 0 Å². The normalized spacial score (nSPS) is 10.2. The monoisotopic (exact) mass is 258 g/mol. The maximum atomic E-state index is 11.5. The molecule has 1 rings (SSSR count). The van der Waals surface area contributed by atoms with Crippen LogP contribution in [0.4, 0.5) is 5.69 Å². The van der Waals surface area contributed by atoms with Crippen LogP contribution in [0.2, 0.25) is 5.02 Å². The van der Waals surface area contributed by atoms with E-state index in [0.29, 0.717) is 17.3 Å². The van der Waals surface area contributed by atoms with E-state index in [9.17, 15) is 4.79 Å². The second kappa shape index (κ2) is 6.78. The van der Waals surface area contributed by atoms with Gasteiger partial charge >= 0.3 is 0 Å². The second-order valence-electron chi connectivity index (χ2n) is 3.35. The van der Waals surface area contributed by atoms with Gasteiger partial charge in [-0.15, -0.1) is 0 Å². The summed E-state index contributed by atoms with van der Waals surface area (Å²) in [5, 5.41) is 3.45. The van der Waals surface area contributed by atoms with Crippen LogP contribution in [0.5, 0.6) is 0 Å². The molecule has 1 aromatic carbocycles. The molecule has 0 radical (unpaired) electrons. The highest BCUT2D eigenvalue weighted by Crippen LogP contribution is 2.20. The Balaban J connectivity index is 2.52. The number of carbonyl (C=O) groups excluding carboxylic acids is 1. The molecular weight excluding hydrogens is 244 g/mol. The number of carbonyl (C=O) groups is 1. The van der Waals surface area contributed by atoms with Crippen LogP contribution in [0.15, 0.2) is 18.2 Å². The molecule has 1 aromatic rings. The largest absolute Gasteiger partial charge is 0.330 e. The lowest BCUT2D eigenvalue weighted by atomic mass is 10.2. The Morgan fingerprint density at radius 3 is 3.00 bits per heavy atom. The van der Waals surface area contributed by atoms with Crippen LogP contribution in [0.1, 0.15) is 5.56 Å². The molecular formula is C11H15ClN2OS. The van der Waals surface area contributed by atoms with Gasteiger partial charge in [-0.05, 0) is 24.6 Å². The quantitative estimate of drug-likeness (QED) is 0.797. The number of benzene rings is 1. The molecule has 0 aliphatic rings. The summed E-state index contributed by atoms with van der Waals surface area (Å²) in [7, 11) is 0. The van der Waals surface area contributed by atoms with E-state index in [1.165, 1.54) is 11.8 Å². The first-order valence-electron chi connectivity index (χ1n) is 4.97. The average Bonchev–Trinajstić information content (AvgIpc) is 2.24. The van der Waals surface area contributed by atoms with E-state index in [4.69, 9.17) is 17.3 Å². The molecule has 3 nitrogen and oxygen atoms in total. The van der Waals surface area contributed by atoms with Crippen molar-refractivity contribution < 1.29 is 4.79 Å². The zero-order chi connectivity index (χ0) is 12.0. The van der Waals surface area contributed by atoms with E-state index in [1.807, 2.05) is 13.0 Å². The van der Waals surface area contributed by atoms with Gasteiger partial charge in [0, 0.05) is 23.0 Å². The molecule has 0 saturated heterocycles. The molecule has 0 spiro atoms. The maximum absolute atomic E-state index is 11.5. The van der Waals surface area contributed by atoms with Gasteiger partial charge in [0.25, 0.3) is 0 Å². The number of rotatable bonds is 5. The number of amides is 1. The van der Waals surface area contributed by atoms with Crippen molar-refractivity contribution in [2.75, 3.05) is 23.4 Å². The van der Waals surface area contributed by atoms with Crippen molar-refractivity contribution in [2.24, 2.45) is 5.73 Å². The minimum Gasteiger partial charge on any atom is -0.330 e. The van der Waals surface area contributed by atoms with Crippen LogP contribution in [0, 0.1) is 6.92 Å². The molecule has 0 aromatic heterocycles. The molecule has 0 atom stereocenters. The summed E-state index contributed by atoms with van der Waals surface area (Å²) >= 11 is 7.37. The summed E-state index contributed by atoms with van der Waals surface area (Å²) in [5.74, 6) is 1.19. The van der Waals surface area contributed by atoms with Gasteiger partial charge in [0.1, 0.15) is 0 Å². The lowest BCUT2D eigenvalue weighted by Gasteiger charge is -2.08. The van der Waals surface area contributed by atoms with Crippen LogP contribution in [-0.4, -0.2) is 24.0 Å². The second-order valence-corrected chi connectivity index (χ2v) is 4.89. The zero-order valence-electron chi connectivity index (χ0n) is 9.13. The van der Waals surface area contributed by atoms with E-state index in [-0.39, 0.29) is 5.91 Å². The smallest absolute Gasteiger partial charge is 0.234 e. The summed E-state index contributed by atoms with van der Waals surface area (Å²) in [4.78, 5) is 11.5. The highest BCUT2D eigenvalue weighted by atomic mass is 35.5. The number of nitrogens with two attached hydrogens (primary N) is 1. The van der Waals surface area contributed by atoms with Crippen LogP contribution in [-0.2, 0) is 4.79 Å². The van der Waals surface area contributed by atoms with Crippen molar-refractivity contribution in [3.63, 3.8) is 0 Å². The van der Waals surface area contributed by atoms with Crippen molar-refractivity contribution in [3.05, 3.63) is 28.8 Å². The summed E-state index contributed by atoms with van der Waals surface area (Å²) < 4.78 is 0. The Hall–Kier alpha value is -0.710. The molecule has 1 amide bonds. The van der Waals surface area contributed by atoms with Gasteiger partial charge in [-0.3, -0.25) is 4.79 Å². The van der Waals surface area contributed by atoms with Crippen LogP contribution in [0.25, 0.3) is 0 Å². The molecule has 0 unspecified atom stereocenters. The van der Waals surface area contributed by atoms with Gasteiger partial charge in [0.05, 0.1) is 5.75 Å². The van der Waals surface area contributed by atoms with E-state index < -0.39 is 0 Å². The number of hydrogen-bond acceptors (Lipinski definition) is 3. The third kappa shape index (κ3) is 4.43. The highest BCUT2D eigenvalue weighted by molar-refractivity contribution is 7.99. The van der Waals surface area contributed by atoms with E-state index in [0.717, 1.165) is 17.0 Å². The molecule has 0 aliphatic carbocycles. The van der Waals surface area contributed by atoms with Gasteiger partial charge < -0.3 is 11.1 Å². The Labute approximate surface area is 105 Å². The Kier molecular flexibility index (Phi) is 5.66. The van der Waals surface area contributed by atoms with Gasteiger partial charge in [-0.1, -0.05) is 17.7 Å². The minimum absolute atomic E-state index is 0.0242. The fourth-order valence-corrected chi connectivity index (χ4v) is 1.90. The van der Waals surface area contributed by atoms with E-state index in [2.05, 4.69) is 5.32 Å². The molecule has 0 saturated carbocycles. The predicted octanol–water partition coefficient (Wildman–Crippen LogP) is 2.28. The van der Waals surface area contributed by atoms with Crippen molar-refractivity contribution in [1.82, 2.24) is 0 Å². The standard InChI is InChI=1S/C11H15ClN2OS/c1-8-2-3-9(12)6-10(8)14-11(15)7-16-5-4-13/h2-3,6H,4-5,7,13H2,1H3,(H,14,15). The molecule has 0 fully saturated rings. The fraction of sp³-hybridized carbons (Fsp3) is 0.364. The maximum Gasteiger partial charge on any atom is 0.234 e. The molecule has 3 N–H and O–H groups in total. The SMILES string of the molecule is Cc1ccc(Cl)cc1NC(=O)CSCCN. The molecule has 16 heavy (non-hydrogen) atoms. The lowest BCUT2D eigenvalue weighted by molar-refractivity contribution is -0.113. The topological polar surface area (TPSA) is 55.1 Å². The number of hydrogen-bond donors (Lipinski definition) is 2. The zero-order valence-corrected chi connectivity index (χ0v) is 10.7. The summed E-state index contributed by atoms with van der Waals surface area (Å²) in [5.41, 5.74) is 7.11. The number of aryl methyl sites for hydroxylation is 1. The first kappa shape index (κ1) is 13.4. The highest BCUT2D eigenvalue weighted by Gasteiger charge is 2.05. The molecule has 0 bridgehead atoms. The lowest BCUT2D eigenvalue weighted by Crippen LogP contribution is -2.16. The number of thioether (sulfide) groups is 1. The molecule has 0 heterocycles. The first-order valence-corrected chi connectivity index (χ1v) is 6.50. The van der Waals surface area contributed by atoms with Gasteiger partial charge in [-0.2, -0.15) is 11.8 Å².